The molecule has 2 aromatic rings. The van der Waals surface area contributed by atoms with Crippen molar-refractivity contribution in [2.24, 2.45) is 0 Å². The third-order valence-corrected chi connectivity index (χ3v) is 5.63. The van der Waals surface area contributed by atoms with Gasteiger partial charge in [0.25, 0.3) is 0 Å². The number of nitrogens with zero attached hydrogens (tertiary/aromatic N) is 2. The number of aromatic nitrogens is 1. The highest BCUT2D eigenvalue weighted by atomic mass is 32.1. The molecule has 0 unspecified atom stereocenters. The van der Waals surface area contributed by atoms with E-state index in [4.69, 9.17) is 5.73 Å². The van der Waals surface area contributed by atoms with Crippen molar-refractivity contribution in [2.75, 3.05) is 12.8 Å². The fourth-order valence-electron chi connectivity index (χ4n) is 2.69. The smallest absolute Gasteiger partial charge is 0.243 e. The average molecular weight is 422 g/mol. The molecule has 0 fully saturated rings. The maximum absolute atomic E-state index is 13.2. The molecule has 4 N–H and O–H groups in total. The first kappa shape index (κ1) is 22.8. The van der Waals surface area contributed by atoms with Crippen molar-refractivity contribution < 1.29 is 14.0 Å². The maximum atomic E-state index is 13.2. The van der Waals surface area contributed by atoms with Gasteiger partial charge in [-0.3, -0.25) is 14.5 Å². The summed E-state index contributed by atoms with van der Waals surface area (Å²) in [6.45, 7) is 6.05. The molecule has 29 heavy (non-hydrogen) atoms. The molecular weight excluding hydrogens is 393 g/mol. The standard InChI is InChI=1S/C20H28FN5O2S/c1-12(2)26(4)13(3)18(27)25-17(9-14-5-7-15(21)8-6-14)19(28)23-10-16-11-24-20(22)29-16/h5-8,11-13,17H,9-10H2,1-4H3,(H2,22,24)(H,23,28)(H,25,27)/t13-,17-/m0/s1. The number of hydrogen-bond donors (Lipinski definition) is 3. The number of likely N-dealkylation sites (N-methyl/N-ethyl adjacent to an activating group) is 1. The minimum Gasteiger partial charge on any atom is -0.375 e. The molecule has 1 aromatic heterocycles. The predicted octanol–water partition coefficient (Wildman–Crippen LogP) is 1.94. The number of anilines is 1. The molecule has 7 nitrogen and oxygen atoms in total. The summed E-state index contributed by atoms with van der Waals surface area (Å²) in [5.74, 6) is -0.923. The number of nitrogens with two attached hydrogens (primary N) is 1. The number of nitrogens with one attached hydrogen (secondary N) is 2. The van der Waals surface area contributed by atoms with Gasteiger partial charge in [0.1, 0.15) is 11.9 Å². The number of carbonyl (C=O) groups excluding carboxylic acids is 2. The molecule has 1 heterocycles. The number of amides is 2. The summed E-state index contributed by atoms with van der Waals surface area (Å²) in [4.78, 5) is 32.2. The van der Waals surface area contributed by atoms with E-state index in [1.165, 1.54) is 23.5 Å². The van der Waals surface area contributed by atoms with E-state index in [1.54, 1.807) is 25.3 Å². The number of nitrogen functional groups attached to an aromatic ring is 1. The first-order chi connectivity index (χ1) is 13.7. The van der Waals surface area contributed by atoms with E-state index in [1.807, 2.05) is 25.8 Å². The number of benzene rings is 1. The average Bonchev–Trinajstić information content (AvgIpc) is 3.11. The molecule has 0 aliphatic heterocycles. The van der Waals surface area contributed by atoms with Crippen molar-refractivity contribution in [2.45, 2.75) is 51.9 Å². The topological polar surface area (TPSA) is 100 Å². The molecule has 0 aliphatic carbocycles. The maximum Gasteiger partial charge on any atom is 0.243 e. The largest absolute Gasteiger partial charge is 0.375 e. The van der Waals surface area contributed by atoms with E-state index in [9.17, 15) is 14.0 Å². The zero-order chi connectivity index (χ0) is 21.6. The zero-order valence-corrected chi connectivity index (χ0v) is 17.9. The number of hydrogen-bond acceptors (Lipinski definition) is 6. The number of rotatable bonds is 9. The van der Waals surface area contributed by atoms with Crippen molar-refractivity contribution in [3.8, 4) is 0 Å². The Morgan fingerprint density at radius 2 is 1.86 bits per heavy atom. The molecule has 2 atom stereocenters. The van der Waals surface area contributed by atoms with Crippen molar-refractivity contribution in [1.29, 1.82) is 0 Å². The summed E-state index contributed by atoms with van der Waals surface area (Å²) in [6.07, 6.45) is 1.86. The Morgan fingerprint density at radius 1 is 1.21 bits per heavy atom. The minimum atomic E-state index is -0.791. The van der Waals surface area contributed by atoms with E-state index in [2.05, 4.69) is 15.6 Å². The Bertz CT molecular complexity index is 825. The van der Waals surface area contributed by atoms with Gasteiger partial charge in [-0.15, -0.1) is 11.3 Å². The van der Waals surface area contributed by atoms with E-state index in [0.717, 1.165) is 10.4 Å². The van der Waals surface area contributed by atoms with Crippen LogP contribution in [-0.2, 0) is 22.6 Å². The van der Waals surface area contributed by atoms with Crippen LogP contribution in [0.1, 0.15) is 31.2 Å². The molecule has 0 bridgehead atoms. The van der Waals surface area contributed by atoms with Crippen LogP contribution >= 0.6 is 11.3 Å². The molecule has 0 radical (unpaired) electrons. The Hall–Kier alpha value is -2.52. The molecule has 0 saturated heterocycles. The van der Waals surface area contributed by atoms with Gasteiger partial charge >= 0.3 is 0 Å². The normalized spacial score (nSPS) is 13.3. The minimum absolute atomic E-state index is 0.178. The van der Waals surface area contributed by atoms with Crippen LogP contribution in [0.5, 0.6) is 0 Å². The van der Waals surface area contributed by atoms with E-state index in [0.29, 0.717) is 5.13 Å². The second-order valence-electron chi connectivity index (χ2n) is 7.21. The molecule has 9 heteroatoms. The van der Waals surface area contributed by atoms with Crippen LogP contribution in [0.4, 0.5) is 9.52 Å². The molecule has 2 amide bonds. The highest BCUT2D eigenvalue weighted by Gasteiger charge is 2.26. The van der Waals surface area contributed by atoms with E-state index >= 15 is 0 Å². The van der Waals surface area contributed by atoms with Gasteiger partial charge in [-0.2, -0.15) is 0 Å². The number of carbonyl (C=O) groups is 2. The monoisotopic (exact) mass is 421 g/mol. The molecule has 1 aromatic carbocycles. The summed E-state index contributed by atoms with van der Waals surface area (Å²) >= 11 is 1.29. The highest BCUT2D eigenvalue weighted by molar-refractivity contribution is 7.15. The Kier molecular flexibility index (Phi) is 8.10. The third kappa shape index (κ3) is 6.79. The van der Waals surface area contributed by atoms with Crippen molar-refractivity contribution in [3.63, 3.8) is 0 Å². The van der Waals surface area contributed by atoms with Crippen LogP contribution in [0.25, 0.3) is 0 Å². The Balaban J connectivity index is 2.09. The molecule has 158 valence electrons. The second-order valence-corrected chi connectivity index (χ2v) is 8.36. The molecule has 0 aliphatic rings. The molecule has 2 rings (SSSR count). The van der Waals surface area contributed by atoms with Crippen molar-refractivity contribution >= 4 is 28.3 Å². The van der Waals surface area contributed by atoms with E-state index in [-0.39, 0.29) is 36.6 Å². The van der Waals surface area contributed by atoms with Gasteiger partial charge < -0.3 is 16.4 Å². The van der Waals surface area contributed by atoms with Gasteiger partial charge in [0.2, 0.25) is 11.8 Å². The lowest BCUT2D eigenvalue weighted by atomic mass is 10.0. The zero-order valence-electron chi connectivity index (χ0n) is 17.1. The van der Waals surface area contributed by atoms with Gasteiger partial charge in [-0.05, 0) is 45.5 Å². The van der Waals surface area contributed by atoms with E-state index < -0.39 is 12.1 Å². The molecule has 0 saturated carbocycles. The van der Waals surface area contributed by atoms with Gasteiger partial charge in [0, 0.05) is 23.5 Å². The third-order valence-electron chi connectivity index (χ3n) is 4.80. The van der Waals surface area contributed by atoms with Gasteiger partial charge in [0.05, 0.1) is 12.6 Å². The van der Waals surface area contributed by atoms with Crippen LogP contribution in [0.2, 0.25) is 0 Å². The lowest BCUT2D eigenvalue weighted by molar-refractivity contribution is -0.131. The SMILES string of the molecule is CC(C)N(C)[C@@H](C)C(=O)N[C@@H](Cc1ccc(F)cc1)C(=O)NCc1cnc(N)s1. The summed E-state index contributed by atoms with van der Waals surface area (Å²) < 4.78 is 13.2. The first-order valence-corrected chi connectivity index (χ1v) is 10.2. The first-order valence-electron chi connectivity index (χ1n) is 9.42. The van der Waals surface area contributed by atoms with Gasteiger partial charge in [-0.1, -0.05) is 12.1 Å². The fourth-order valence-corrected chi connectivity index (χ4v) is 3.32. The van der Waals surface area contributed by atoms with Gasteiger partial charge in [0.15, 0.2) is 5.13 Å². The van der Waals surface area contributed by atoms with Gasteiger partial charge in [-0.25, -0.2) is 9.37 Å². The van der Waals surface area contributed by atoms with Crippen LogP contribution in [-0.4, -0.2) is 46.9 Å². The van der Waals surface area contributed by atoms with Crippen LogP contribution in [0, 0.1) is 5.82 Å². The fraction of sp³-hybridized carbons (Fsp3) is 0.450. The Morgan fingerprint density at radius 3 is 2.41 bits per heavy atom. The molecule has 0 spiro atoms. The second kappa shape index (κ2) is 10.3. The number of thiazole rings is 1. The lowest BCUT2D eigenvalue weighted by Crippen LogP contribution is -2.53. The van der Waals surface area contributed by atoms with Crippen LogP contribution < -0.4 is 16.4 Å². The van der Waals surface area contributed by atoms with Crippen molar-refractivity contribution in [1.82, 2.24) is 20.5 Å². The van der Waals surface area contributed by atoms with Crippen LogP contribution in [0.3, 0.4) is 0 Å². The lowest BCUT2D eigenvalue weighted by Gasteiger charge is -2.29. The summed E-state index contributed by atoms with van der Waals surface area (Å²) in [6, 6.07) is 4.87. The summed E-state index contributed by atoms with van der Waals surface area (Å²) in [5.41, 5.74) is 6.36. The number of halogens is 1. The molecular formula is C20H28FN5O2S. The quantitative estimate of drug-likeness (QED) is 0.575. The Labute approximate surface area is 174 Å². The summed E-state index contributed by atoms with van der Waals surface area (Å²) in [7, 11) is 1.86. The highest BCUT2D eigenvalue weighted by Crippen LogP contribution is 2.14. The van der Waals surface area contributed by atoms with Crippen LogP contribution in [0.15, 0.2) is 30.5 Å². The van der Waals surface area contributed by atoms with Crippen molar-refractivity contribution in [3.05, 3.63) is 46.7 Å². The summed E-state index contributed by atoms with van der Waals surface area (Å²) in [5, 5.41) is 6.07. The predicted molar refractivity (Wildman–Crippen MR) is 113 cm³/mol.